The van der Waals surface area contributed by atoms with Gasteiger partial charge in [0.25, 0.3) is 0 Å². The van der Waals surface area contributed by atoms with E-state index in [1.165, 1.54) is 0 Å². The number of fused-ring (bicyclic) bond motifs is 1. The monoisotopic (exact) mass is 552 g/mol. The molecule has 146 valence electrons. The van der Waals surface area contributed by atoms with E-state index in [1.54, 1.807) is 0 Å². The van der Waals surface area contributed by atoms with Crippen molar-refractivity contribution in [3.05, 3.63) is 68.2 Å². The van der Waals surface area contributed by atoms with Crippen LogP contribution in [0, 0.1) is 3.57 Å². The van der Waals surface area contributed by atoms with Gasteiger partial charge in [-0.05, 0) is 71.2 Å². The summed E-state index contributed by atoms with van der Waals surface area (Å²) in [6, 6.07) is 17.8. The fraction of sp³-hybridized carbons (Fsp3) is 0.227. The topological polar surface area (TPSA) is 41.6 Å². The number of benzene rings is 3. The lowest BCUT2D eigenvalue weighted by molar-refractivity contribution is -0.115. The number of ether oxygens (including phenoxy) is 1. The first-order valence-electron chi connectivity index (χ1n) is 8.97. The number of halogens is 2. The van der Waals surface area contributed by atoms with E-state index >= 15 is 0 Å². The molecule has 0 atom stereocenters. The van der Waals surface area contributed by atoms with Gasteiger partial charge in [0.05, 0.1) is 9.99 Å². The van der Waals surface area contributed by atoms with Gasteiger partial charge in [0.15, 0.2) is 0 Å². The zero-order valence-corrected chi connectivity index (χ0v) is 19.6. The van der Waals surface area contributed by atoms with Crippen LogP contribution >= 0.6 is 38.5 Å². The first-order chi connectivity index (χ1) is 13.4. The van der Waals surface area contributed by atoms with Crippen molar-refractivity contribution < 1.29 is 9.53 Å². The van der Waals surface area contributed by atoms with Crippen molar-refractivity contribution in [2.75, 3.05) is 32.6 Å². The van der Waals surface area contributed by atoms with Gasteiger partial charge in [0.1, 0.15) is 12.4 Å². The Morgan fingerprint density at radius 2 is 1.86 bits per heavy atom. The van der Waals surface area contributed by atoms with Gasteiger partial charge in [-0.15, -0.1) is 0 Å². The second-order valence-electron chi connectivity index (χ2n) is 6.77. The second-order valence-corrected chi connectivity index (χ2v) is 8.79. The smallest absolute Gasteiger partial charge is 0.228 e. The average Bonchev–Trinajstić information content (AvgIpc) is 2.66. The summed E-state index contributed by atoms with van der Waals surface area (Å²) in [7, 11) is 4.02. The number of carbonyl (C=O) groups excluding carboxylic acids is 1. The van der Waals surface area contributed by atoms with Crippen LogP contribution in [0.4, 0.5) is 5.69 Å². The van der Waals surface area contributed by atoms with Crippen LogP contribution in [-0.2, 0) is 11.2 Å². The standard InChI is InChI=1S/C22H22BrIN2O2/c1-26(2)11-12-28-21-14-16(8-10-20(21)24)25-22(27)13-15-7-9-19(23)18-6-4-3-5-17(15)18/h3-10,14H,11-13H2,1-2H3,(H,25,27). The van der Waals surface area contributed by atoms with E-state index in [0.717, 1.165) is 42.4 Å². The molecule has 0 aliphatic heterocycles. The molecule has 0 unspecified atom stereocenters. The minimum Gasteiger partial charge on any atom is -0.491 e. The maximum atomic E-state index is 12.6. The van der Waals surface area contributed by atoms with E-state index in [-0.39, 0.29) is 5.91 Å². The molecule has 3 aromatic rings. The minimum atomic E-state index is -0.0482. The normalized spacial score (nSPS) is 11.0. The molecule has 0 saturated heterocycles. The van der Waals surface area contributed by atoms with Crippen LogP contribution < -0.4 is 10.1 Å². The van der Waals surface area contributed by atoms with Crippen LogP contribution in [0.1, 0.15) is 5.56 Å². The number of amides is 1. The Labute approximate surface area is 187 Å². The van der Waals surface area contributed by atoms with Gasteiger partial charge in [0, 0.05) is 22.8 Å². The van der Waals surface area contributed by atoms with E-state index in [9.17, 15) is 4.79 Å². The van der Waals surface area contributed by atoms with E-state index in [4.69, 9.17) is 4.74 Å². The summed E-state index contributed by atoms with van der Waals surface area (Å²) >= 11 is 5.82. The Hall–Kier alpha value is -1.64. The summed E-state index contributed by atoms with van der Waals surface area (Å²) in [6.07, 6.45) is 0.316. The zero-order valence-electron chi connectivity index (χ0n) is 15.8. The number of hydrogen-bond donors (Lipinski definition) is 1. The maximum absolute atomic E-state index is 12.6. The third kappa shape index (κ3) is 5.46. The third-order valence-electron chi connectivity index (χ3n) is 4.32. The quantitative estimate of drug-likeness (QED) is 0.403. The number of carbonyl (C=O) groups is 1. The Morgan fingerprint density at radius 1 is 1.11 bits per heavy atom. The van der Waals surface area contributed by atoms with Crippen molar-refractivity contribution in [2.45, 2.75) is 6.42 Å². The molecule has 0 radical (unpaired) electrons. The number of hydrogen-bond acceptors (Lipinski definition) is 3. The molecule has 3 rings (SSSR count). The Bertz CT molecular complexity index is 991. The molecule has 0 saturated carbocycles. The van der Waals surface area contributed by atoms with Gasteiger partial charge >= 0.3 is 0 Å². The lowest BCUT2D eigenvalue weighted by Gasteiger charge is -2.14. The summed E-state index contributed by atoms with van der Waals surface area (Å²) in [5, 5.41) is 5.19. The Kier molecular flexibility index (Phi) is 7.31. The molecule has 0 aliphatic rings. The van der Waals surface area contributed by atoms with Crippen molar-refractivity contribution in [1.29, 1.82) is 0 Å². The van der Waals surface area contributed by atoms with Crippen LogP contribution in [-0.4, -0.2) is 38.1 Å². The predicted octanol–water partition coefficient (Wildman–Crippen LogP) is 5.33. The molecule has 0 spiro atoms. The predicted molar refractivity (Wildman–Crippen MR) is 127 cm³/mol. The average molecular weight is 553 g/mol. The summed E-state index contributed by atoms with van der Waals surface area (Å²) in [6.45, 7) is 1.44. The van der Waals surface area contributed by atoms with E-state index in [0.29, 0.717) is 13.0 Å². The molecule has 1 N–H and O–H groups in total. The molecule has 0 aliphatic carbocycles. The van der Waals surface area contributed by atoms with Gasteiger partial charge in [-0.2, -0.15) is 0 Å². The molecule has 0 aromatic heterocycles. The van der Waals surface area contributed by atoms with Gasteiger partial charge in [0.2, 0.25) is 5.91 Å². The fourth-order valence-corrected chi connectivity index (χ4v) is 3.86. The van der Waals surface area contributed by atoms with Crippen molar-refractivity contribution in [2.24, 2.45) is 0 Å². The highest BCUT2D eigenvalue weighted by molar-refractivity contribution is 14.1. The summed E-state index contributed by atoms with van der Waals surface area (Å²) in [4.78, 5) is 14.7. The molecule has 1 amide bonds. The molecular formula is C22H22BrIN2O2. The molecule has 0 heterocycles. The van der Waals surface area contributed by atoms with Crippen LogP contribution in [0.15, 0.2) is 59.1 Å². The lowest BCUT2D eigenvalue weighted by atomic mass is 10.0. The highest BCUT2D eigenvalue weighted by Gasteiger charge is 2.11. The van der Waals surface area contributed by atoms with Crippen molar-refractivity contribution >= 4 is 60.9 Å². The molecule has 3 aromatic carbocycles. The highest BCUT2D eigenvalue weighted by Crippen LogP contribution is 2.28. The fourth-order valence-electron chi connectivity index (χ4n) is 2.89. The number of nitrogens with one attached hydrogen (secondary N) is 1. The number of rotatable bonds is 7. The van der Waals surface area contributed by atoms with E-state index in [2.05, 4.69) is 54.8 Å². The number of anilines is 1. The van der Waals surface area contributed by atoms with Crippen molar-refractivity contribution in [3.63, 3.8) is 0 Å². The highest BCUT2D eigenvalue weighted by atomic mass is 127. The van der Waals surface area contributed by atoms with Crippen molar-refractivity contribution in [3.8, 4) is 5.75 Å². The first kappa shape index (κ1) is 21.1. The third-order valence-corrected chi connectivity index (χ3v) is 5.91. The molecule has 6 heteroatoms. The summed E-state index contributed by atoms with van der Waals surface area (Å²) < 4.78 is 7.91. The molecule has 4 nitrogen and oxygen atoms in total. The van der Waals surface area contributed by atoms with Crippen molar-refractivity contribution in [1.82, 2.24) is 4.90 Å². The van der Waals surface area contributed by atoms with Crippen LogP contribution in [0.3, 0.4) is 0 Å². The van der Waals surface area contributed by atoms with Gasteiger partial charge in [-0.1, -0.05) is 46.3 Å². The van der Waals surface area contributed by atoms with Gasteiger partial charge in [-0.25, -0.2) is 0 Å². The minimum absolute atomic E-state index is 0.0482. The zero-order chi connectivity index (χ0) is 20.1. The number of likely N-dealkylation sites (N-methyl/N-ethyl adjacent to an activating group) is 1. The largest absolute Gasteiger partial charge is 0.491 e. The molecular weight excluding hydrogens is 531 g/mol. The molecule has 0 fully saturated rings. The lowest BCUT2D eigenvalue weighted by Crippen LogP contribution is -2.19. The first-order valence-corrected chi connectivity index (χ1v) is 10.8. The Morgan fingerprint density at radius 3 is 2.61 bits per heavy atom. The van der Waals surface area contributed by atoms with E-state index in [1.807, 2.05) is 62.6 Å². The van der Waals surface area contributed by atoms with E-state index < -0.39 is 0 Å². The SMILES string of the molecule is CN(C)CCOc1cc(NC(=O)Cc2ccc(Br)c3ccccc23)ccc1I. The van der Waals surface area contributed by atoms with Crippen LogP contribution in [0.2, 0.25) is 0 Å². The summed E-state index contributed by atoms with van der Waals surface area (Å²) in [5.41, 5.74) is 1.75. The molecule has 0 bridgehead atoms. The second kappa shape index (κ2) is 9.71. The van der Waals surface area contributed by atoms with Crippen LogP contribution in [0.5, 0.6) is 5.75 Å². The van der Waals surface area contributed by atoms with Gasteiger partial charge in [-0.3, -0.25) is 4.79 Å². The maximum Gasteiger partial charge on any atom is 0.228 e. The summed E-state index contributed by atoms with van der Waals surface area (Å²) in [5.74, 6) is 0.738. The van der Waals surface area contributed by atoms with Crippen LogP contribution in [0.25, 0.3) is 10.8 Å². The Balaban J connectivity index is 1.71. The number of nitrogens with zero attached hydrogens (tertiary/aromatic N) is 1. The van der Waals surface area contributed by atoms with Gasteiger partial charge < -0.3 is 15.0 Å². The molecule has 28 heavy (non-hydrogen) atoms.